The van der Waals surface area contributed by atoms with Crippen molar-refractivity contribution >= 4 is 22.1 Å². The number of hydrogen-bond donors (Lipinski definition) is 3. The maximum Gasteiger partial charge on any atom is 1.00 e. The average Bonchev–Trinajstić information content (AvgIpc) is 1.99. The predicted octanol–water partition coefficient (Wildman–Crippen LogP) is -3.13. The summed E-state index contributed by atoms with van der Waals surface area (Å²) in [5.74, 6) is -3.44. The molecule has 0 aliphatic rings. The molecule has 0 saturated carbocycles. The van der Waals surface area contributed by atoms with Crippen LogP contribution in [0.2, 0.25) is 0 Å². The molecule has 0 heterocycles. The second-order valence-electron chi connectivity index (χ2n) is 2.70. The third kappa shape index (κ3) is 10.1. The second-order valence-corrected chi connectivity index (χ2v) is 4.27. The van der Waals surface area contributed by atoms with Gasteiger partial charge in [0.15, 0.2) is 0 Å². The van der Waals surface area contributed by atoms with E-state index in [4.69, 9.17) is 14.8 Å². The topological polar surface area (TPSA) is 129 Å². The molecule has 0 aliphatic carbocycles. The zero-order chi connectivity index (χ0) is 12.1. The minimum absolute atomic E-state index is 0. The van der Waals surface area contributed by atoms with E-state index in [0.29, 0.717) is 6.08 Å². The van der Waals surface area contributed by atoms with E-state index in [9.17, 15) is 18.0 Å². The van der Waals surface area contributed by atoms with E-state index in [1.54, 1.807) is 0 Å². The van der Waals surface area contributed by atoms with Crippen molar-refractivity contribution in [2.75, 3.05) is 5.75 Å². The summed E-state index contributed by atoms with van der Waals surface area (Å²) in [5.41, 5.74) is -0.411. The summed E-state index contributed by atoms with van der Waals surface area (Å²) < 4.78 is 28.9. The van der Waals surface area contributed by atoms with E-state index in [1.165, 1.54) is 0 Å². The normalized spacial score (nSPS) is 11.7. The largest absolute Gasteiger partial charge is 1.00 e. The van der Waals surface area contributed by atoms with Crippen LogP contribution in [0.3, 0.4) is 0 Å². The van der Waals surface area contributed by atoms with E-state index in [0.717, 1.165) is 0 Å². The van der Waals surface area contributed by atoms with Gasteiger partial charge in [0.05, 0.1) is 5.75 Å². The van der Waals surface area contributed by atoms with Gasteiger partial charge in [-0.2, -0.15) is 8.42 Å². The fourth-order valence-corrected chi connectivity index (χ4v) is 1.34. The van der Waals surface area contributed by atoms with Gasteiger partial charge in [-0.05, 0) is 12.8 Å². The Morgan fingerprint density at radius 1 is 1.25 bits per heavy atom. The van der Waals surface area contributed by atoms with Gasteiger partial charge in [0, 0.05) is 11.6 Å². The van der Waals surface area contributed by atoms with Crippen LogP contribution in [0.5, 0.6) is 0 Å². The van der Waals surface area contributed by atoms with Crippen molar-refractivity contribution in [2.24, 2.45) is 0 Å². The Kier molecular flexibility index (Phi) is 8.76. The zero-order valence-electron chi connectivity index (χ0n) is 9.58. The van der Waals surface area contributed by atoms with Gasteiger partial charge in [0.1, 0.15) is 0 Å². The van der Waals surface area contributed by atoms with E-state index >= 15 is 0 Å². The molecule has 0 rings (SSSR count). The van der Waals surface area contributed by atoms with Gasteiger partial charge in [-0.15, -0.1) is 0 Å². The van der Waals surface area contributed by atoms with Crippen molar-refractivity contribution < 1.29 is 63.8 Å². The average molecular weight is 262 g/mol. The summed E-state index contributed by atoms with van der Waals surface area (Å²) in [4.78, 5) is 20.6. The molecule has 0 aliphatic heterocycles. The molecule has 0 aromatic rings. The van der Waals surface area contributed by atoms with Gasteiger partial charge in [-0.1, -0.05) is 0 Å². The molecule has 3 N–H and O–H groups in total. The Bertz CT molecular complexity index is 389. The minimum atomic E-state index is -4.14. The van der Waals surface area contributed by atoms with Crippen molar-refractivity contribution in [3.05, 3.63) is 11.6 Å². The van der Waals surface area contributed by atoms with Crippen LogP contribution in [0.15, 0.2) is 11.6 Å². The monoisotopic (exact) mass is 262 g/mol. The van der Waals surface area contributed by atoms with Crippen LogP contribution in [-0.2, 0) is 19.7 Å². The van der Waals surface area contributed by atoms with E-state index in [1.807, 2.05) is 0 Å². The molecule has 0 fully saturated rings. The summed E-state index contributed by atoms with van der Waals surface area (Å²) >= 11 is 0. The fourth-order valence-electron chi connectivity index (χ4n) is 0.835. The molecule has 0 amide bonds. The summed E-state index contributed by atoms with van der Waals surface area (Å²) in [5, 5.41) is 16.8. The van der Waals surface area contributed by atoms with Crippen LogP contribution in [0.4, 0.5) is 0 Å². The standard InChI is InChI=1S/C7H10O7S.Na.H/c8-6(9)4-5(7(10)11)2-1-3-15(12,13)14;;/h4H,1-3H2,(H,8,9)(H,10,11)(H,12,13,14);;/q;+1;-1/b5-4-;;. The van der Waals surface area contributed by atoms with Crippen LogP contribution in [-0.4, -0.2) is 40.9 Å². The van der Waals surface area contributed by atoms with E-state index < -0.39 is 33.4 Å². The summed E-state index contributed by atoms with van der Waals surface area (Å²) in [6.45, 7) is 0. The zero-order valence-corrected chi connectivity index (χ0v) is 11.4. The Hall–Kier alpha value is -0.410. The maximum atomic E-state index is 10.4. The first-order valence-electron chi connectivity index (χ1n) is 3.84. The van der Waals surface area contributed by atoms with Crippen LogP contribution in [0, 0.1) is 0 Å². The van der Waals surface area contributed by atoms with Crippen LogP contribution in [0.25, 0.3) is 0 Å². The molecule has 0 saturated heterocycles. The van der Waals surface area contributed by atoms with Gasteiger partial charge in [-0.3, -0.25) is 4.55 Å². The number of carboxylic acid groups (broad SMARTS) is 2. The van der Waals surface area contributed by atoms with Gasteiger partial charge < -0.3 is 11.6 Å². The Morgan fingerprint density at radius 3 is 2.06 bits per heavy atom. The Morgan fingerprint density at radius 2 is 1.75 bits per heavy atom. The molecule has 7 nitrogen and oxygen atoms in total. The first kappa shape index (κ1) is 18.0. The number of hydrogen-bond acceptors (Lipinski definition) is 4. The van der Waals surface area contributed by atoms with Crippen molar-refractivity contribution in [1.29, 1.82) is 0 Å². The Balaban J connectivity index is -0.000000980. The molecule has 0 spiro atoms. The van der Waals surface area contributed by atoms with Gasteiger partial charge in [0.25, 0.3) is 10.1 Å². The van der Waals surface area contributed by atoms with Gasteiger partial charge in [0.2, 0.25) is 0 Å². The van der Waals surface area contributed by atoms with Crippen molar-refractivity contribution in [2.45, 2.75) is 12.8 Å². The van der Waals surface area contributed by atoms with Crippen LogP contribution < -0.4 is 29.6 Å². The summed E-state index contributed by atoms with van der Waals surface area (Å²) in [7, 11) is -4.14. The Labute approximate surface area is 116 Å². The molecule has 16 heavy (non-hydrogen) atoms. The SMILES string of the molecule is O=C(O)/C=C(/CCCS(=O)(=O)O)C(=O)O.[H-].[Na+]. The molecule has 0 bridgehead atoms. The number of aliphatic carboxylic acids is 2. The molecule has 0 unspecified atom stereocenters. The maximum absolute atomic E-state index is 10.4. The van der Waals surface area contributed by atoms with Crippen molar-refractivity contribution in [3.63, 3.8) is 0 Å². The first-order valence-corrected chi connectivity index (χ1v) is 5.45. The quantitative estimate of drug-likeness (QED) is 0.262. The van der Waals surface area contributed by atoms with Gasteiger partial charge in [-0.25, -0.2) is 9.59 Å². The van der Waals surface area contributed by atoms with Crippen LogP contribution in [0.1, 0.15) is 14.3 Å². The van der Waals surface area contributed by atoms with Crippen molar-refractivity contribution in [1.82, 2.24) is 0 Å². The molecule has 0 radical (unpaired) electrons. The predicted molar refractivity (Wildman–Crippen MR) is 50.1 cm³/mol. The molecule has 88 valence electrons. The minimum Gasteiger partial charge on any atom is -1.00 e. The molecular weight excluding hydrogens is 251 g/mol. The third-order valence-corrected chi connectivity index (χ3v) is 2.23. The number of carbonyl (C=O) groups is 2. The fraction of sp³-hybridized carbons (Fsp3) is 0.429. The third-order valence-electron chi connectivity index (χ3n) is 1.42. The number of rotatable bonds is 6. The number of carboxylic acids is 2. The van der Waals surface area contributed by atoms with E-state index in [-0.39, 0.29) is 43.8 Å². The molecule has 0 atom stereocenters. The molecule has 9 heteroatoms. The second kappa shape index (κ2) is 7.80. The smallest absolute Gasteiger partial charge is 1.00 e. The van der Waals surface area contributed by atoms with E-state index in [2.05, 4.69) is 0 Å². The molecule has 0 aromatic carbocycles. The molecule has 0 aromatic heterocycles. The first-order chi connectivity index (χ1) is 6.72. The van der Waals surface area contributed by atoms with Gasteiger partial charge >= 0.3 is 41.5 Å². The summed E-state index contributed by atoms with van der Waals surface area (Å²) in [6.07, 6.45) is 0.109. The van der Waals surface area contributed by atoms with Crippen molar-refractivity contribution in [3.8, 4) is 0 Å². The van der Waals surface area contributed by atoms with Crippen LogP contribution >= 0.6 is 0 Å². The summed E-state index contributed by atoms with van der Waals surface area (Å²) in [6, 6.07) is 0. The molecular formula is C7H11NaO7S.